The van der Waals surface area contributed by atoms with E-state index in [0.717, 1.165) is 25.7 Å². The van der Waals surface area contributed by atoms with Crippen molar-refractivity contribution in [3.63, 3.8) is 0 Å². The highest BCUT2D eigenvalue weighted by Crippen LogP contribution is 2.27. The molecule has 0 aromatic carbocycles. The van der Waals surface area contributed by atoms with E-state index in [0.29, 0.717) is 11.3 Å². The Balaban J connectivity index is 2.11. The van der Waals surface area contributed by atoms with Gasteiger partial charge in [-0.1, -0.05) is 12.8 Å². The topological polar surface area (TPSA) is 33.5 Å². The molecule has 1 aromatic heterocycles. The van der Waals surface area contributed by atoms with Gasteiger partial charge in [-0.15, -0.1) is 11.6 Å². The number of carbonyl (C=O) groups is 1. The lowest BCUT2D eigenvalue weighted by Gasteiger charge is -2.34. The van der Waals surface area contributed by atoms with Crippen LogP contribution in [-0.2, 0) is 0 Å². The van der Waals surface area contributed by atoms with Crippen molar-refractivity contribution in [3.05, 3.63) is 23.7 Å². The largest absolute Gasteiger partial charge is 0.469 e. The maximum absolute atomic E-state index is 12.3. The predicted octanol–water partition coefficient (Wildman–Crippen LogP) is 3.21. The molecule has 3 nitrogen and oxygen atoms in total. The molecule has 1 fully saturated rings. The van der Waals surface area contributed by atoms with Gasteiger partial charge in [0.15, 0.2) is 0 Å². The van der Waals surface area contributed by atoms with Crippen LogP contribution in [0.5, 0.6) is 0 Å². The molecule has 94 valence electrons. The zero-order chi connectivity index (χ0) is 12.4. The summed E-state index contributed by atoms with van der Waals surface area (Å²) in [5.41, 5.74) is 0.641. The molecule has 0 spiro atoms. The predicted molar refractivity (Wildman–Crippen MR) is 67.4 cm³/mol. The number of hydrogen-bond donors (Lipinski definition) is 0. The molecule has 1 aliphatic rings. The molecule has 2 atom stereocenters. The van der Waals surface area contributed by atoms with Crippen LogP contribution in [0.1, 0.15) is 41.8 Å². The van der Waals surface area contributed by atoms with Crippen molar-refractivity contribution in [2.45, 2.75) is 44.0 Å². The summed E-state index contributed by atoms with van der Waals surface area (Å²) in [6, 6.07) is 1.87. The van der Waals surface area contributed by atoms with Crippen LogP contribution < -0.4 is 0 Å². The minimum absolute atomic E-state index is 0.00815. The summed E-state index contributed by atoms with van der Waals surface area (Å²) in [4.78, 5) is 14.1. The Kier molecular flexibility index (Phi) is 3.77. The van der Waals surface area contributed by atoms with Crippen molar-refractivity contribution >= 4 is 17.5 Å². The van der Waals surface area contributed by atoms with Gasteiger partial charge in [0, 0.05) is 13.1 Å². The number of amides is 1. The lowest BCUT2D eigenvalue weighted by molar-refractivity contribution is 0.0698. The summed E-state index contributed by atoms with van der Waals surface area (Å²) in [5, 5.41) is 0.0740. The Morgan fingerprint density at radius 2 is 2.18 bits per heavy atom. The second-order valence-corrected chi connectivity index (χ2v) is 5.23. The van der Waals surface area contributed by atoms with E-state index in [1.54, 1.807) is 24.2 Å². The van der Waals surface area contributed by atoms with Crippen LogP contribution in [0.4, 0.5) is 0 Å². The number of nitrogens with zero attached hydrogens (tertiary/aromatic N) is 1. The van der Waals surface area contributed by atoms with Crippen LogP contribution in [0.25, 0.3) is 0 Å². The molecule has 1 heterocycles. The van der Waals surface area contributed by atoms with Crippen LogP contribution in [0.2, 0.25) is 0 Å². The maximum atomic E-state index is 12.3. The SMILES string of the molecule is Cc1occc1C(=O)N(C)C1CCCCC1Cl. The van der Waals surface area contributed by atoms with Crippen molar-refractivity contribution < 1.29 is 9.21 Å². The van der Waals surface area contributed by atoms with E-state index in [-0.39, 0.29) is 17.3 Å². The van der Waals surface area contributed by atoms with E-state index in [2.05, 4.69) is 0 Å². The highest BCUT2D eigenvalue weighted by Gasteiger charge is 2.30. The summed E-state index contributed by atoms with van der Waals surface area (Å²) in [7, 11) is 1.83. The fraction of sp³-hybridized carbons (Fsp3) is 0.615. The van der Waals surface area contributed by atoms with Gasteiger partial charge in [0.2, 0.25) is 0 Å². The molecule has 0 saturated heterocycles. The number of furan rings is 1. The first kappa shape index (κ1) is 12.5. The van der Waals surface area contributed by atoms with E-state index >= 15 is 0 Å². The van der Waals surface area contributed by atoms with Gasteiger partial charge in [-0.25, -0.2) is 0 Å². The third kappa shape index (κ3) is 2.49. The molecule has 4 heteroatoms. The number of carbonyl (C=O) groups excluding carboxylic acids is 1. The average Bonchev–Trinajstić information content (AvgIpc) is 2.74. The Hall–Kier alpha value is -0.960. The zero-order valence-corrected chi connectivity index (χ0v) is 11.0. The summed E-state index contributed by atoms with van der Waals surface area (Å²) in [6.07, 6.45) is 5.85. The van der Waals surface area contributed by atoms with E-state index in [1.807, 2.05) is 7.05 Å². The fourth-order valence-electron chi connectivity index (χ4n) is 2.45. The second kappa shape index (κ2) is 5.13. The lowest BCUT2D eigenvalue weighted by Crippen LogP contribution is -2.44. The standard InChI is InChI=1S/C13H18ClNO2/c1-9-10(7-8-17-9)13(16)15(2)12-6-4-3-5-11(12)14/h7-8,11-12H,3-6H2,1-2H3. The quantitative estimate of drug-likeness (QED) is 0.761. The average molecular weight is 256 g/mol. The van der Waals surface area contributed by atoms with Crippen molar-refractivity contribution in [3.8, 4) is 0 Å². The first-order valence-electron chi connectivity index (χ1n) is 6.06. The van der Waals surface area contributed by atoms with Crippen molar-refractivity contribution in [2.24, 2.45) is 0 Å². The van der Waals surface area contributed by atoms with Crippen LogP contribution >= 0.6 is 11.6 Å². The molecule has 0 bridgehead atoms. The second-order valence-electron chi connectivity index (χ2n) is 4.67. The molecule has 2 rings (SSSR count). The molecule has 0 aliphatic heterocycles. The fourth-order valence-corrected chi connectivity index (χ4v) is 2.90. The van der Waals surface area contributed by atoms with Crippen LogP contribution in [0.3, 0.4) is 0 Å². The maximum Gasteiger partial charge on any atom is 0.257 e. The van der Waals surface area contributed by atoms with Gasteiger partial charge in [0.05, 0.1) is 17.2 Å². The Morgan fingerprint density at radius 3 is 2.76 bits per heavy atom. The molecular formula is C13H18ClNO2. The van der Waals surface area contributed by atoms with Crippen molar-refractivity contribution in [1.82, 2.24) is 4.90 Å². The number of aryl methyl sites for hydroxylation is 1. The minimum atomic E-state index is 0.00815. The monoisotopic (exact) mass is 255 g/mol. The minimum Gasteiger partial charge on any atom is -0.469 e. The molecule has 0 radical (unpaired) electrons. The Labute approximate surface area is 107 Å². The number of rotatable bonds is 2. The van der Waals surface area contributed by atoms with Gasteiger partial charge in [0.25, 0.3) is 5.91 Å². The van der Waals surface area contributed by atoms with Gasteiger partial charge in [0.1, 0.15) is 5.76 Å². The summed E-state index contributed by atoms with van der Waals surface area (Å²) in [6.45, 7) is 1.81. The number of halogens is 1. The summed E-state index contributed by atoms with van der Waals surface area (Å²) < 4.78 is 5.17. The molecule has 1 amide bonds. The van der Waals surface area contributed by atoms with E-state index in [9.17, 15) is 4.79 Å². The van der Waals surface area contributed by atoms with Gasteiger partial charge >= 0.3 is 0 Å². The molecule has 1 aliphatic carbocycles. The third-order valence-electron chi connectivity index (χ3n) is 3.55. The van der Waals surface area contributed by atoms with Gasteiger partial charge in [-0.3, -0.25) is 4.79 Å². The van der Waals surface area contributed by atoms with Crippen LogP contribution in [0, 0.1) is 6.92 Å². The van der Waals surface area contributed by atoms with Crippen molar-refractivity contribution in [2.75, 3.05) is 7.05 Å². The van der Waals surface area contributed by atoms with Gasteiger partial charge in [-0.05, 0) is 25.8 Å². The molecule has 17 heavy (non-hydrogen) atoms. The number of hydrogen-bond acceptors (Lipinski definition) is 2. The van der Waals surface area contributed by atoms with Gasteiger partial charge in [-0.2, -0.15) is 0 Å². The van der Waals surface area contributed by atoms with Gasteiger partial charge < -0.3 is 9.32 Å². The van der Waals surface area contributed by atoms with Crippen molar-refractivity contribution in [1.29, 1.82) is 0 Å². The first-order valence-corrected chi connectivity index (χ1v) is 6.50. The Morgan fingerprint density at radius 1 is 1.47 bits per heavy atom. The first-order chi connectivity index (χ1) is 8.11. The summed E-state index contributed by atoms with van der Waals surface area (Å²) in [5.74, 6) is 0.678. The smallest absolute Gasteiger partial charge is 0.257 e. The van der Waals surface area contributed by atoms with Crippen LogP contribution in [-0.4, -0.2) is 29.3 Å². The summed E-state index contributed by atoms with van der Waals surface area (Å²) >= 11 is 6.31. The highest BCUT2D eigenvalue weighted by atomic mass is 35.5. The molecular weight excluding hydrogens is 238 g/mol. The van der Waals surface area contributed by atoms with Crippen LogP contribution in [0.15, 0.2) is 16.7 Å². The van der Waals surface area contributed by atoms with E-state index in [4.69, 9.17) is 16.0 Å². The van der Waals surface area contributed by atoms with E-state index in [1.165, 1.54) is 0 Å². The molecule has 1 aromatic rings. The molecule has 1 saturated carbocycles. The third-order valence-corrected chi connectivity index (χ3v) is 4.06. The molecule has 2 unspecified atom stereocenters. The lowest BCUT2D eigenvalue weighted by atomic mass is 9.93. The highest BCUT2D eigenvalue weighted by molar-refractivity contribution is 6.21. The Bertz CT molecular complexity index is 402. The normalized spacial score (nSPS) is 24.6. The molecule has 0 N–H and O–H groups in total. The number of alkyl halides is 1. The zero-order valence-electron chi connectivity index (χ0n) is 10.3. The van der Waals surface area contributed by atoms with E-state index < -0.39 is 0 Å².